The Kier molecular flexibility index (Phi) is 7.02. The highest BCUT2D eigenvalue weighted by atomic mass is 32.2. The van der Waals surface area contributed by atoms with Gasteiger partial charge in [0.2, 0.25) is 16.0 Å². The Labute approximate surface area is 179 Å². The van der Waals surface area contributed by atoms with Gasteiger partial charge >= 0.3 is 6.18 Å². The largest absolute Gasteiger partial charge is 0.421 e. The third kappa shape index (κ3) is 5.63. The smallest absolute Gasteiger partial charge is 0.369 e. The van der Waals surface area contributed by atoms with Gasteiger partial charge in [-0.25, -0.2) is 13.4 Å². The number of anilines is 3. The Balaban J connectivity index is 1.79. The molecule has 0 radical (unpaired) electrons. The van der Waals surface area contributed by atoms with Crippen molar-refractivity contribution in [3.8, 4) is 0 Å². The number of hydrogen-bond donors (Lipinski definition) is 3. The zero-order chi connectivity index (χ0) is 22.6. The third-order valence-corrected chi connectivity index (χ3v) is 6.79. The number of fused-ring (bicyclic) bond motifs is 1. The molecule has 3 rings (SSSR count). The molecule has 1 aromatic heterocycles. The number of benzene rings is 1. The van der Waals surface area contributed by atoms with Crippen LogP contribution in [-0.4, -0.2) is 48.1 Å². The topological polar surface area (TPSA) is 113 Å². The van der Waals surface area contributed by atoms with Gasteiger partial charge in [-0.1, -0.05) is 6.07 Å². The van der Waals surface area contributed by atoms with Gasteiger partial charge in [0.1, 0.15) is 11.4 Å². The summed E-state index contributed by atoms with van der Waals surface area (Å²) in [5.41, 5.74) is 6.93. The van der Waals surface area contributed by atoms with Crippen molar-refractivity contribution in [2.45, 2.75) is 32.5 Å². The average Bonchev–Trinajstić information content (AvgIpc) is 2.73. The van der Waals surface area contributed by atoms with E-state index >= 15 is 0 Å². The molecule has 1 aliphatic rings. The SMILES string of the molecule is CCS(=O)(=O)N1CCc2cc(Nc3ncc(C(F)(F)F)c(NCCCN)n3)ccc2C1. The van der Waals surface area contributed by atoms with Gasteiger partial charge in [0.15, 0.2) is 0 Å². The summed E-state index contributed by atoms with van der Waals surface area (Å²) in [4.78, 5) is 7.79. The fourth-order valence-electron chi connectivity index (χ4n) is 3.25. The Bertz CT molecular complexity index is 1030. The minimum absolute atomic E-state index is 0.0224. The maximum absolute atomic E-state index is 13.2. The summed E-state index contributed by atoms with van der Waals surface area (Å²) in [7, 11) is -3.26. The van der Waals surface area contributed by atoms with E-state index in [1.807, 2.05) is 6.07 Å². The summed E-state index contributed by atoms with van der Waals surface area (Å²) in [5, 5.41) is 5.60. The van der Waals surface area contributed by atoms with Crippen LogP contribution >= 0.6 is 0 Å². The van der Waals surface area contributed by atoms with Crippen LogP contribution in [0.5, 0.6) is 0 Å². The Hall–Kier alpha value is -2.44. The second-order valence-electron chi connectivity index (χ2n) is 7.12. The fraction of sp³-hybridized carbons (Fsp3) is 0.474. The molecule has 0 aliphatic carbocycles. The van der Waals surface area contributed by atoms with Crippen LogP contribution in [0, 0.1) is 0 Å². The zero-order valence-corrected chi connectivity index (χ0v) is 17.9. The van der Waals surface area contributed by atoms with Crippen molar-refractivity contribution in [2.75, 3.05) is 36.0 Å². The Morgan fingerprint density at radius 2 is 2.03 bits per heavy atom. The predicted molar refractivity (Wildman–Crippen MR) is 112 cm³/mol. The molecule has 2 heterocycles. The molecular weight excluding hydrogens is 433 g/mol. The van der Waals surface area contributed by atoms with Gasteiger partial charge in [0, 0.05) is 31.5 Å². The number of alkyl halides is 3. The van der Waals surface area contributed by atoms with Gasteiger partial charge in [-0.15, -0.1) is 0 Å². The lowest BCUT2D eigenvalue weighted by Gasteiger charge is -2.28. The van der Waals surface area contributed by atoms with Crippen LogP contribution in [0.1, 0.15) is 30.0 Å². The van der Waals surface area contributed by atoms with Crippen molar-refractivity contribution >= 4 is 27.5 Å². The summed E-state index contributed by atoms with van der Waals surface area (Å²) >= 11 is 0. The van der Waals surface area contributed by atoms with E-state index in [0.717, 1.165) is 17.3 Å². The number of sulfonamides is 1. The molecule has 0 saturated heterocycles. The van der Waals surface area contributed by atoms with Crippen molar-refractivity contribution in [3.63, 3.8) is 0 Å². The van der Waals surface area contributed by atoms with Crippen molar-refractivity contribution in [2.24, 2.45) is 5.73 Å². The molecule has 4 N–H and O–H groups in total. The van der Waals surface area contributed by atoms with Gasteiger partial charge in [0.05, 0.1) is 5.75 Å². The molecule has 0 bridgehead atoms. The summed E-state index contributed by atoms with van der Waals surface area (Å²) < 4.78 is 65.4. The van der Waals surface area contributed by atoms with E-state index in [2.05, 4.69) is 20.6 Å². The van der Waals surface area contributed by atoms with Gasteiger partial charge in [-0.3, -0.25) is 0 Å². The maximum Gasteiger partial charge on any atom is 0.421 e. The van der Waals surface area contributed by atoms with Crippen molar-refractivity contribution in [1.29, 1.82) is 0 Å². The van der Waals surface area contributed by atoms with Crippen molar-refractivity contribution < 1.29 is 21.6 Å². The molecule has 12 heteroatoms. The second-order valence-corrected chi connectivity index (χ2v) is 9.37. The van der Waals surface area contributed by atoms with Gasteiger partial charge < -0.3 is 16.4 Å². The maximum atomic E-state index is 13.2. The van der Waals surface area contributed by atoms with E-state index in [-0.39, 0.29) is 24.1 Å². The Morgan fingerprint density at radius 1 is 1.26 bits per heavy atom. The average molecular weight is 459 g/mol. The molecule has 1 aromatic carbocycles. The van der Waals surface area contributed by atoms with Gasteiger partial charge in [0.25, 0.3) is 0 Å². The highest BCUT2D eigenvalue weighted by Crippen LogP contribution is 2.34. The quantitative estimate of drug-likeness (QED) is 0.521. The van der Waals surface area contributed by atoms with E-state index in [9.17, 15) is 21.6 Å². The first-order valence-electron chi connectivity index (χ1n) is 9.89. The highest BCUT2D eigenvalue weighted by molar-refractivity contribution is 7.89. The first kappa shape index (κ1) is 23.2. The number of halogens is 3. The minimum atomic E-state index is -4.58. The van der Waals surface area contributed by atoms with Gasteiger partial charge in [-0.05, 0) is 49.6 Å². The van der Waals surface area contributed by atoms with Crippen LogP contribution in [0.2, 0.25) is 0 Å². The lowest BCUT2D eigenvalue weighted by atomic mass is 10.0. The predicted octanol–water partition coefficient (Wildman–Crippen LogP) is 2.71. The van der Waals surface area contributed by atoms with Crippen LogP contribution < -0.4 is 16.4 Å². The molecule has 0 unspecified atom stereocenters. The summed E-state index contributed by atoms with van der Waals surface area (Å²) in [6, 6.07) is 5.37. The standard InChI is InChI=1S/C19H25F3N6O2S/c1-2-31(29,30)28-9-6-13-10-15(5-4-14(13)12-28)26-18-25-11-16(19(20,21)22)17(27-18)24-8-3-7-23/h4-5,10-11H,2-3,6-9,12,23H2,1H3,(H2,24,25,26,27). The number of rotatable bonds is 8. The van der Waals surface area contributed by atoms with Crippen LogP contribution in [0.3, 0.4) is 0 Å². The fourth-order valence-corrected chi connectivity index (χ4v) is 4.32. The molecule has 31 heavy (non-hydrogen) atoms. The van der Waals surface area contributed by atoms with E-state index in [1.165, 1.54) is 4.31 Å². The lowest BCUT2D eigenvalue weighted by Crippen LogP contribution is -2.36. The monoisotopic (exact) mass is 458 g/mol. The molecule has 0 saturated carbocycles. The summed E-state index contributed by atoms with van der Waals surface area (Å²) in [6.45, 7) is 2.90. The van der Waals surface area contributed by atoms with Gasteiger partial charge in [-0.2, -0.15) is 22.5 Å². The number of nitrogens with one attached hydrogen (secondary N) is 2. The third-order valence-electron chi connectivity index (χ3n) is 4.97. The molecule has 0 amide bonds. The van der Waals surface area contributed by atoms with Crippen LogP contribution in [0.25, 0.3) is 0 Å². The summed E-state index contributed by atoms with van der Waals surface area (Å²) in [5.74, 6) is -0.236. The Morgan fingerprint density at radius 3 is 2.71 bits per heavy atom. The minimum Gasteiger partial charge on any atom is -0.369 e. The summed E-state index contributed by atoms with van der Waals surface area (Å²) in [6.07, 6.45) is -2.80. The van der Waals surface area contributed by atoms with E-state index < -0.39 is 21.8 Å². The second kappa shape index (κ2) is 9.37. The lowest BCUT2D eigenvalue weighted by molar-refractivity contribution is -0.137. The number of hydrogen-bond acceptors (Lipinski definition) is 7. The molecule has 0 atom stereocenters. The molecule has 0 spiro atoms. The number of nitrogens with zero attached hydrogens (tertiary/aromatic N) is 3. The normalized spacial score (nSPS) is 14.9. The van der Waals surface area contributed by atoms with Crippen LogP contribution in [0.4, 0.5) is 30.6 Å². The van der Waals surface area contributed by atoms with Crippen LogP contribution in [0.15, 0.2) is 24.4 Å². The molecule has 2 aromatic rings. The molecule has 0 fully saturated rings. The van der Waals surface area contributed by atoms with Crippen molar-refractivity contribution in [1.82, 2.24) is 14.3 Å². The highest BCUT2D eigenvalue weighted by Gasteiger charge is 2.35. The molecule has 1 aliphatic heterocycles. The van der Waals surface area contributed by atoms with Crippen LogP contribution in [-0.2, 0) is 29.2 Å². The first-order chi connectivity index (χ1) is 14.6. The number of nitrogens with two attached hydrogens (primary N) is 1. The zero-order valence-electron chi connectivity index (χ0n) is 17.0. The molecule has 8 nitrogen and oxygen atoms in total. The van der Waals surface area contributed by atoms with E-state index in [1.54, 1.807) is 19.1 Å². The first-order valence-corrected chi connectivity index (χ1v) is 11.5. The van der Waals surface area contributed by atoms with Crippen molar-refractivity contribution in [3.05, 3.63) is 41.1 Å². The molecular formula is C19H25F3N6O2S. The number of aromatic nitrogens is 2. The van der Waals surface area contributed by atoms with E-state index in [4.69, 9.17) is 5.73 Å². The molecule has 170 valence electrons. The van der Waals surface area contributed by atoms with E-state index in [0.29, 0.717) is 38.2 Å².